The van der Waals surface area contributed by atoms with E-state index in [1.54, 1.807) is 0 Å². The van der Waals surface area contributed by atoms with Crippen molar-refractivity contribution < 1.29 is 0 Å². The molecule has 0 bridgehead atoms. The monoisotopic (exact) mass is 225 g/mol. The van der Waals surface area contributed by atoms with E-state index < -0.39 is 0 Å². The van der Waals surface area contributed by atoms with Gasteiger partial charge in [0, 0.05) is 12.1 Å². The van der Waals surface area contributed by atoms with Crippen LogP contribution in [-0.2, 0) is 0 Å². The minimum Gasteiger partial charge on any atom is -0.301 e. The molecular formula is C15H31N. The highest BCUT2D eigenvalue weighted by Gasteiger charge is 2.36. The fourth-order valence-electron chi connectivity index (χ4n) is 3.38. The topological polar surface area (TPSA) is 3.24 Å². The Kier molecular flexibility index (Phi) is 3.79. The van der Waals surface area contributed by atoms with Gasteiger partial charge >= 0.3 is 0 Å². The Morgan fingerprint density at radius 1 is 0.812 bits per heavy atom. The molecule has 1 heterocycles. The predicted octanol–water partition coefficient (Wildman–Crippen LogP) is 4.32. The molecule has 0 aromatic carbocycles. The Labute approximate surface area is 103 Å². The van der Waals surface area contributed by atoms with Crippen LogP contribution < -0.4 is 0 Å². The molecule has 0 aromatic heterocycles. The predicted molar refractivity (Wildman–Crippen MR) is 72.7 cm³/mol. The first-order valence-corrected chi connectivity index (χ1v) is 6.75. The molecule has 1 aliphatic heterocycles. The lowest BCUT2D eigenvalue weighted by atomic mass is 9.76. The molecule has 1 aliphatic rings. The maximum absolute atomic E-state index is 2.57. The van der Waals surface area contributed by atoms with Crippen LogP contribution in [0.4, 0.5) is 0 Å². The van der Waals surface area contributed by atoms with Crippen LogP contribution in [0.1, 0.15) is 67.2 Å². The molecule has 0 N–H and O–H groups in total. The van der Waals surface area contributed by atoms with Crippen LogP contribution in [0.15, 0.2) is 0 Å². The third-order valence-corrected chi connectivity index (χ3v) is 4.32. The molecule has 96 valence electrons. The molecule has 1 fully saturated rings. The third-order valence-electron chi connectivity index (χ3n) is 4.32. The van der Waals surface area contributed by atoms with Crippen molar-refractivity contribution >= 4 is 0 Å². The van der Waals surface area contributed by atoms with E-state index in [0.29, 0.717) is 16.4 Å². The number of nitrogens with zero attached hydrogens (tertiary/aromatic N) is 1. The Hall–Kier alpha value is -0.0400. The molecule has 1 heteroatoms. The summed E-state index contributed by atoms with van der Waals surface area (Å²) in [5.74, 6) is 0. The Balaban J connectivity index is 2.89. The summed E-state index contributed by atoms with van der Waals surface area (Å²) >= 11 is 0. The quantitative estimate of drug-likeness (QED) is 0.593. The second kappa shape index (κ2) is 4.33. The molecule has 0 amide bonds. The van der Waals surface area contributed by atoms with Crippen molar-refractivity contribution in [3.05, 3.63) is 0 Å². The van der Waals surface area contributed by atoms with Crippen LogP contribution in [-0.4, -0.2) is 24.0 Å². The third kappa shape index (κ3) is 3.76. The van der Waals surface area contributed by atoms with Crippen LogP contribution in [0.5, 0.6) is 0 Å². The molecular weight excluding hydrogens is 194 g/mol. The summed E-state index contributed by atoms with van der Waals surface area (Å²) in [6.45, 7) is 15.7. The standard InChI is InChI=1S/C15H31N/c1-13(2)9-8-10-14(3,4)12-16(7)15(5,6)11-13/h8-12H2,1-7H3. The first kappa shape index (κ1) is 14.0. The highest BCUT2D eigenvalue weighted by atomic mass is 15.2. The van der Waals surface area contributed by atoms with Crippen LogP contribution >= 0.6 is 0 Å². The van der Waals surface area contributed by atoms with Crippen LogP contribution in [0.3, 0.4) is 0 Å². The van der Waals surface area contributed by atoms with Gasteiger partial charge in [-0.25, -0.2) is 0 Å². The SMILES string of the molecule is CN1CC(C)(C)CCCC(C)(C)CC1(C)C. The molecule has 1 nitrogen and oxygen atoms in total. The van der Waals surface area contributed by atoms with E-state index in [4.69, 9.17) is 0 Å². The van der Waals surface area contributed by atoms with Crippen molar-refractivity contribution in [1.29, 1.82) is 0 Å². The molecule has 0 aliphatic carbocycles. The van der Waals surface area contributed by atoms with E-state index in [-0.39, 0.29) is 0 Å². The maximum atomic E-state index is 2.57. The highest BCUT2D eigenvalue weighted by molar-refractivity contribution is 4.90. The lowest BCUT2D eigenvalue weighted by Gasteiger charge is -2.42. The second-order valence-corrected chi connectivity index (χ2v) is 8.03. The molecule has 0 atom stereocenters. The van der Waals surface area contributed by atoms with E-state index in [9.17, 15) is 0 Å². The van der Waals surface area contributed by atoms with Gasteiger partial charge in [-0.1, -0.05) is 34.1 Å². The molecule has 1 rings (SSSR count). The number of hydrogen-bond acceptors (Lipinski definition) is 1. The smallest absolute Gasteiger partial charge is 0.0155 e. The van der Waals surface area contributed by atoms with Crippen molar-refractivity contribution in [3.63, 3.8) is 0 Å². The van der Waals surface area contributed by atoms with Crippen LogP contribution in [0, 0.1) is 10.8 Å². The van der Waals surface area contributed by atoms with E-state index in [1.807, 2.05) is 0 Å². The van der Waals surface area contributed by atoms with Gasteiger partial charge in [0.25, 0.3) is 0 Å². The number of hydrogen-bond donors (Lipinski definition) is 0. The summed E-state index contributed by atoms with van der Waals surface area (Å²) in [5, 5.41) is 0. The van der Waals surface area contributed by atoms with Crippen molar-refractivity contribution in [2.45, 2.75) is 72.8 Å². The maximum Gasteiger partial charge on any atom is 0.0155 e. The molecule has 0 radical (unpaired) electrons. The molecule has 1 saturated heterocycles. The van der Waals surface area contributed by atoms with Crippen molar-refractivity contribution in [1.82, 2.24) is 4.90 Å². The van der Waals surface area contributed by atoms with Gasteiger partial charge in [0.2, 0.25) is 0 Å². The van der Waals surface area contributed by atoms with Crippen molar-refractivity contribution in [2.24, 2.45) is 10.8 Å². The average Bonchev–Trinajstić information content (AvgIpc) is 1.99. The molecule has 0 unspecified atom stereocenters. The van der Waals surface area contributed by atoms with Gasteiger partial charge in [0.05, 0.1) is 0 Å². The van der Waals surface area contributed by atoms with Crippen LogP contribution in [0.2, 0.25) is 0 Å². The fourth-order valence-corrected chi connectivity index (χ4v) is 3.38. The van der Waals surface area contributed by atoms with E-state index in [1.165, 1.54) is 32.2 Å². The minimum atomic E-state index is 0.325. The Morgan fingerprint density at radius 3 is 1.88 bits per heavy atom. The summed E-state index contributed by atoms with van der Waals surface area (Å²) in [4.78, 5) is 2.57. The summed E-state index contributed by atoms with van der Waals surface area (Å²) in [6, 6.07) is 0. The Bertz CT molecular complexity index is 238. The van der Waals surface area contributed by atoms with Gasteiger partial charge < -0.3 is 4.90 Å². The summed E-state index contributed by atoms with van der Waals surface area (Å²) in [5.41, 5.74) is 1.27. The zero-order valence-electron chi connectivity index (χ0n) is 12.5. The second-order valence-electron chi connectivity index (χ2n) is 8.03. The van der Waals surface area contributed by atoms with E-state index >= 15 is 0 Å². The largest absolute Gasteiger partial charge is 0.301 e. The van der Waals surface area contributed by atoms with Crippen molar-refractivity contribution in [3.8, 4) is 0 Å². The van der Waals surface area contributed by atoms with Gasteiger partial charge in [0.15, 0.2) is 0 Å². The highest BCUT2D eigenvalue weighted by Crippen LogP contribution is 2.40. The summed E-state index contributed by atoms with van der Waals surface area (Å²) in [6.07, 6.45) is 5.40. The molecule has 0 saturated carbocycles. The first-order chi connectivity index (χ1) is 7.04. The summed E-state index contributed by atoms with van der Waals surface area (Å²) < 4.78 is 0. The fraction of sp³-hybridized carbons (Fsp3) is 1.00. The molecule has 16 heavy (non-hydrogen) atoms. The van der Waals surface area contributed by atoms with E-state index in [2.05, 4.69) is 53.5 Å². The molecule has 0 aromatic rings. The van der Waals surface area contributed by atoms with Gasteiger partial charge in [-0.3, -0.25) is 0 Å². The minimum absolute atomic E-state index is 0.325. The van der Waals surface area contributed by atoms with Gasteiger partial charge in [-0.05, 0) is 51.0 Å². The van der Waals surface area contributed by atoms with E-state index in [0.717, 1.165) is 0 Å². The first-order valence-electron chi connectivity index (χ1n) is 6.75. The van der Waals surface area contributed by atoms with Crippen molar-refractivity contribution in [2.75, 3.05) is 13.6 Å². The van der Waals surface area contributed by atoms with Gasteiger partial charge in [-0.15, -0.1) is 0 Å². The average molecular weight is 225 g/mol. The normalized spacial score (nSPS) is 30.2. The lowest BCUT2D eigenvalue weighted by Crippen LogP contribution is -2.47. The van der Waals surface area contributed by atoms with Gasteiger partial charge in [-0.2, -0.15) is 0 Å². The number of rotatable bonds is 0. The van der Waals surface area contributed by atoms with Gasteiger partial charge in [0.1, 0.15) is 0 Å². The zero-order chi connectivity index (χ0) is 12.6. The molecule has 0 spiro atoms. The summed E-state index contributed by atoms with van der Waals surface area (Å²) in [7, 11) is 2.29. The zero-order valence-corrected chi connectivity index (χ0v) is 12.5. The van der Waals surface area contributed by atoms with Crippen LogP contribution in [0.25, 0.3) is 0 Å². The Morgan fingerprint density at radius 2 is 1.31 bits per heavy atom. The lowest BCUT2D eigenvalue weighted by molar-refractivity contribution is 0.0719.